The smallest absolute Gasteiger partial charge is 0.273 e. The second-order valence-corrected chi connectivity index (χ2v) is 4.76. The van der Waals surface area contributed by atoms with E-state index in [4.69, 9.17) is 4.74 Å². The predicted molar refractivity (Wildman–Crippen MR) is 78.6 cm³/mol. The molecule has 0 aromatic heterocycles. The van der Waals surface area contributed by atoms with E-state index in [-0.39, 0.29) is 10.6 Å². The highest BCUT2D eigenvalue weighted by Crippen LogP contribution is 2.33. The van der Waals surface area contributed by atoms with E-state index in [1.165, 1.54) is 6.07 Å². The Morgan fingerprint density at radius 3 is 2.50 bits per heavy atom. The van der Waals surface area contributed by atoms with Crippen LogP contribution >= 0.6 is 0 Å². The first-order valence-corrected chi connectivity index (χ1v) is 7.04. The molecule has 0 aliphatic carbocycles. The van der Waals surface area contributed by atoms with Gasteiger partial charge in [0.2, 0.25) is 0 Å². The Morgan fingerprint density at radius 1 is 1.25 bits per heavy atom. The molecule has 0 atom stereocenters. The van der Waals surface area contributed by atoms with Gasteiger partial charge in [0.25, 0.3) is 5.69 Å². The van der Waals surface area contributed by atoms with Crippen LogP contribution < -0.4 is 9.64 Å². The molecule has 1 aliphatic rings. The summed E-state index contributed by atoms with van der Waals surface area (Å²) in [6, 6.07) is 4.86. The van der Waals surface area contributed by atoms with Crippen molar-refractivity contribution >= 4 is 11.4 Å². The maximum atomic E-state index is 10.9. The lowest BCUT2D eigenvalue weighted by molar-refractivity contribution is -0.384. The van der Waals surface area contributed by atoms with Crippen molar-refractivity contribution in [1.29, 1.82) is 0 Å². The van der Waals surface area contributed by atoms with Crippen molar-refractivity contribution in [2.45, 2.75) is 13.8 Å². The molecule has 1 saturated heterocycles. The molecule has 2 rings (SSSR count). The fourth-order valence-corrected chi connectivity index (χ4v) is 2.45. The average Bonchev–Trinajstić information content (AvgIpc) is 2.47. The quantitative estimate of drug-likeness (QED) is 0.610. The number of nitro groups is 1. The van der Waals surface area contributed by atoms with Crippen LogP contribution in [0.1, 0.15) is 13.8 Å². The Hall–Kier alpha value is -1.82. The van der Waals surface area contributed by atoms with Crippen molar-refractivity contribution < 1.29 is 9.66 Å². The van der Waals surface area contributed by atoms with Crippen molar-refractivity contribution in [3.8, 4) is 5.75 Å². The monoisotopic (exact) mass is 279 g/mol. The molecule has 20 heavy (non-hydrogen) atoms. The van der Waals surface area contributed by atoms with E-state index in [0.717, 1.165) is 38.4 Å². The molecule has 6 nitrogen and oxygen atoms in total. The van der Waals surface area contributed by atoms with Crippen LogP contribution in [0.2, 0.25) is 0 Å². The highest BCUT2D eigenvalue weighted by Gasteiger charge is 2.20. The SMILES string of the molecule is CCOc1cc([N+](=O)[O-])ccc1N1CCN(CC)CC1. The zero-order valence-corrected chi connectivity index (χ0v) is 12.0. The van der Waals surface area contributed by atoms with E-state index in [1.54, 1.807) is 12.1 Å². The fraction of sp³-hybridized carbons (Fsp3) is 0.571. The number of nitro benzene ring substituents is 1. The minimum atomic E-state index is -0.388. The average molecular weight is 279 g/mol. The summed E-state index contributed by atoms with van der Waals surface area (Å²) in [5, 5.41) is 10.9. The first kappa shape index (κ1) is 14.6. The number of hydrogen-bond acceptors (Lipinski definition) is 5. The zero-order chi connectivity index (χ0) is 14.5. The summed E-state index contributed by atoms with van der Waals surface area (Å²) in [6.07, 6.45) is 0. The third-order valence-electron chi connectivity index (χ3n) is 3.61. The number of hydrogen-bond donors (Lipinski definition) is 0. The van der Waals surface area contributed by atoms with Gasteiger partial charge in [-0.25, -0.2) is 0 Å². The van der Waals surface area contributed by atoms with Crippen LogP contribution in [-0.2, 0) is 0 Å². The van der Waals surface area contributed by atoms with Crippen molar-refractivity contribution in [1.82, 2.24) is 4.90 Å². The maximum absolute atomic E-state index is 10.9. The van der Waals surface area contributed by atoms with Gasteiger partial charge >= 0.3 is 0 Å². The second kappa shape index (κ2) is 6.56. The van der Waals surface area contributed by atoms with Crippen LogP contribution in [-0.4, -0.2) is 49.2 Å². The van der Waals surface area contributed by atoms with E-state index >= 15 is 0 Å². The third kappa shape index (κ3) is 3.19. The number of piperazine rings is 1. The van der Waals surface area contributed by atoms with Gasteiger partial charge in [-0.1, -0.05) is 6.92 Å². The molecular formula is C14H21N3O3. The highest BCUT2D eigenvalue weighted by molar-refractivity contribution is 5.62. The molecule has 1 heterocycles. The number of rotatable bonds is 5. The van der Waals surface area contributed by atoms with Crippen LogP contribution in [0.3, 0.4) is 0 Å². The molecular weight excluding hydrogens is 258 g/mol. The molecule has 0 bridgehead atoms. The van der Waals surface area contributed by atoms with Crippen molar-refractivity contribution in [3.63, 3.8) is 0 Å². The maximum Gasteiger partial charge on any atom is 0.273 e. The molecule has 1 fully saturated rings. The van der Waals surface area contributed by atoms with Gasteiger partial charge in [0.05, 0.1) is 23.3 Å². The first-order valence-electron chi connectivity index (χ1n) is 7.04. The normalized spacial score (nSPS) is 16.2. The van der Waals surface area contributed by atoms with E-state index < -0.39 is 0 Å². The summed E-state index contributed by atoms with van der Waals surface area (Å²) in [7, 11) is 0. The van der Waals surface area contributed by atoms with Gasteiger partial charge < -0.3 is 14.5 Å². The van der Waals surface area contributed by atoms with E-state index in [1.807, 2.05) is 6.92 Å². The summed E-state index contributed by atoms with van der Waals surface area (Å²) in [6.45, 7) is 9.48. The van der Waals surface area contributed by atoms with Gasteiger partial charge in [-0.05, 0) is 19.5 Å². The number of non-ortho nitro benzene ring substituents is 1. The van der Waals surface area contributed by atoms with Crippen molar-refractivity contribution in [2.75, 3.05) is 44.2 Å². The standard InChI is InChI=1S/C14H21N3O3/c1-3-15-7-9-16(10-8-15)13-6-5-12(17(18)19)11-14(13)20-4-2/h5-6,11H,3-4,7-10H2,1-2H3. The number of likely N-dealkylation sites (N-methyl/N-ethyl adjacent to an activating group) is 1. The van der Waals surface area contributed by atoms with Gasteiger partial charge in [-0.15, -0.1) is 0 Å². The lowest BCUT2D eigenvalue weighted by Gasteiger charge is -2.36. The first-order chi connectivity index (χ1) is 9.65. The Balaban J connectivity index is 2.20. The topological polar surface area (TPSA) is 58.9 Å². The Labute approximate surface area is 119 Å². The molecule has 0 spiro atoms. The van der Waals surface area contributed by atoms with Crippen LogP contribution in [0.15, 0.2) is 18.2 Å². The fourth-order valence-electron chi connectivity index (χ4n) is 2.45. The van der Waals surface area contributed by atoms with Crippen LogP contribution in [0.4, 0.5) is 11.4 Å². The third-order valence-corrected chi connectivity index (χ3v) is 3.61. The number of anilines is 1. The molecule has 1 aromatic carbocycles. The molecule has 1 aliphatic heterocycles. The number of nitrogens with zero attached hydrogens (tertiary/aromatic N) is 3. The molecule has 0 N–H and O–H groups in total. The Kier molecular flexibility index (Phi) is 4.79. The molecule has 1 aromatic rings. The molecule has 0 saturated carbocycles. The predicted octanol–water partition coefficient (Wildman–Crippen LogP) is 2.14. The summed E-state index contributed by atoms with van der Waals surface area (Å²) in [5.74, 6) is 0.603. The zero-order valence-electron chi connectivity index (χ0n) is 12.0. The van der Waals surface area contributed by atoms with Crippen molar-refractivity contribution in [3.05, 3.63) is 28.3 Å². The van der Waals surface area contributed by atoms with E-state index in [0.29, 0.717) is 12.4 Å². The number of benzene rings is 1. The molecule has 6 heteroatoms. The van der Waals surface area contributed by atoms with Gasteiger partial charge in [0, 0.05) is 32.2 Å². The Morgan fingerprint density at radius 2 is 1.95 bits per heavy atom. The molecule has 110 valence electrons. The van der Waals surface area contributed by atoms with Crippen LogP contribution in [0.25, 0.3) is 0 Å². The minimum Gasteiger partial charge on any atom is -0.491 e. The Bertz CT molecular complexity index is 471. The minimum absolute atomic E-state index is 0.0735. The van der Waals surface area contributed by atoms with E-state index in [9.17, 15) is 10.1 Å². The largest absolute Gasteiger partial charge is 0.491 e. The summed E-state index contributed by atoms with van der Waals surface area (Å²) >= 11 is 0. The second-order valence-electron chi connectivity index (χ2n) is 4.76. The lowest BCUT2D eigenvalue weighted by Crippen LogP contribution is -2.46. The van der Waals surface area contributed by atoms with Gasteiger partial charge in [0.15, 0.2) is 0 Å². The summed E-state index contributed by atoms with van der Waals surface area (Å²) in [5.41, 5.74) is 1.03. The van der Waals surface area contributed by atoms with Crippen LogP contribution in [0, 0.1) is 10.1 Å². The molecule has 0 radical (unpaired) electrons. The van der Waals surface area contributed by atoms with Gasteiger partial charge in [-0.2, -0.15) is 0 Å². The highest BCUT2D eigenvalue weighted by atomic mass is 16.6. The van der Waals surface area contributed by atoms with E-state index in [2.05, 4.69) is 16.7 Å². The van der Waals surface area contributed by atoms with Gasteiger partial charge in [0.1, 0.15) is 5.75 Å². The van der Waals surface area contributed by atoms with Crippen LogP contribution in [0.5, 0.6) is 5.75 Å². The molecule has 0 amide bonds. The lowest BCUT2D eigenvalue weighted by atomic mass is 10.2. The van der Waals surface area contributed by atoms with Gasteiger partial charge in [-0.3, -0.25) is 10.1 Å². The summed E-state index contributed by atoms with van der Waals surface area (Å²) in [4.78, 5) is 15.1. The molecule has 0 unspecified atom stereocenters. The summed E-state index contributed by atoms with van der Waals surface area (Å²) < 4.78 is 5.57. The van der Waals surface area contributed by atoms with Crippen molar-refractivity contribution in [2.24, 2.45) is 0 Å². The number of ether oxygens (including phenoxy) is 1.